The van der Waals surface area contributed by atoms with Crippen LogP contribution in [0, 0.1) is 0 Å². The number of rotatable bonds is 5. The number of benzene rings is 3. The van der Waals surface area contributed by atoms with Gasteiger partial charge < -0.3 is 14.0 Å². The highest BCUT2D eigenvalue weighted by atomic mass is 31.2. The first-order valence-electron chi connectivity index (χ1n) is 9.28. The standard InChI is InChI=1S/C22H17O8P/c1-2-12-3-6-15(22(24)25)18(9-12)21-16-7-4-13(23)10-19(16)29-20-11-14(5-8-17(20)21)30-31(26,27)28/h3-11H,2H2,1H3,(H,24,25)(H2,26,27,28). The fourth-order valence-electron chi connectivity index (χ4n) is 3.54. The number of aromatic carboxylic acids is 1. The van der Waals surface area contributed by atoms with Crippen molar-refractivity contribution in [3.8, 4) is 28.2 Å². The molecule has 0 spiro atoms. The van der Waals surface area contributed by atoms with E-state index < -0.39 is 13.8 Å². The van der Waals surface area contributed by atoms with Gasteiger partial charge in [0.25, 0.3) is 0 Å². The van der Waals surface area contributed by atoms with Gasteiger partial charge in [0.1, 0.15) is 17.1 Å². The molecule has 0 fully saturated rings. The third-order valence-corrected chi connectivity index (χ3v) is 5.33. The first-order valence-corrected chi connectivity index (χ1v) is 10.8. The van der Waals surface area contributed by atoms with Crippen LogP contribution in [0.4, 0.5) is 0 Å². The smallest absolute Gasteiger partial charge is 0.478 e. The van der Waals surface area contributed by atoms with Gasteiger partial charge in [0, 0.05) is 28.6 Å². The lowest BCUT2D eigenvalue weighted by Gasteiger charge is -2.18. The van der Waals surface area contributed by atoms with Crippen molar-refractivity contribution in [3.05, 3.63) is 75.9 Å². The molecule has 0 saturated heterocycles. The van der Waals surface area contributed by atoms with E-state index in [2.05, 4.69) is 4.52 Å². The van der Waals surface area contributed by atoms with Crippen LogP contribution in [0.25, 0.3) is 33.4 Å². The Balaban J connectivity index is 2.12. The van der Waals surface area contributed by atoms with Gasteiger partial charge in [-0.3, -0.25) is 14.6 Å². The molecular formula is C22H17O8P. The Morgan fingerprint density at radius 1 is 1.03 bits per heavy atom. The molecule has 0 bridgehead atoms. The maximum absolute atomic E-state index is 12.0. The Morgan fingerprint density at radius 2 is 1.81 bits per heavy atom. The summed E-state index contributed by atoms with van der Waals surface area (Å²) >= 11 is 0. The van der Waals surface area contributed by atoms with Gasteiger partial charge in [-0.05, 0) is 47.9 Å². The molecule has 4 rings (SSSR count). The summed E-state index contributed by atoms with van der Waals surface area (Å²) in [4.78, 5) is 42.0. The number of hydrogen-bond donors (Lipinski definition) is 3. The minimum atomic E-state index is -4.79. The maximum Gasteiger partial charge on any atom is 0.524 e. The van der Waals surface area contributed by atoms with Gasteiger partial charge >= 0.3 is 13.8 Å². The molecule has 2 aliphatic rings. The first kappa shape index (κ1) is 20.8. The van der Waals surface area contributed by atoms with E-state index in [1.54, 1.807) is 18.2 Å². The van der Waals surface area contributed by atoms with Gasteiger partial charge in [-0.2, -0.15) is 0 Å². The van der Waals surface area contributed by atoms with Crippen LogP contribution >= 0.6 is 7.82 Å². The third-order valence-electron chi connectivity index (χ3n) is 4.88. The van der Waals surface area contributed by atoms with Crippen molar-refractivity contribution >= 4 is 24.8 Å². The van der Waals surface area contributed by atoms with E-state index in [9.17, 15) is 19.3 Å². The molecule has 158 valence electrons. The van der Waals surface area contributed by atoms with Gasteiger partial charge in [-0.1, -0.05) is 19.1 Å². The van der Waals surface area contributed by atoms with E-state index >= 15 is 0 Å². The van der Waals surface area contributed by atoms with Gasteiger partial charge in [-0.25, -0.2) is 9.36 Å². The Morgan fingerprint density at radius 3 is 2.48 bits per heavy atom. The lowest BCUT2D eigenvalue weighted by Crippen LogP contribution is -2.04. The molecule has 1 aliphatic heterocycles. The summed E-state index contributed by atoms with van der Waals surface area (Å²) in [6.45, 7) is 1.95. The van der Waals surface area contributed by atoms with Crippen LogP contribution in [0.3, 0.4) is 0 Å². The maximum atomic E-state index is 12.0. The molecule has 8 nitrogen and oxygen atoms in total. The van der Waals surface area contributed by atoms with Crippen LogP contribution in [-0.2, 0) is 11.0 Å². The second kappa shape index (κ2) is 7.67. The van der Waals surface area contributed by atoms with Crippen molar-refractivity contribution in [2.75, 3.05) is 0 Å². The molecule has 0 aromatic heterocycles. The number of carboxylic acid groups (broad SMARTS) is 1. The lowest BCUT2D eigenvalue weighted by molar-refractivity contribution is 0.0697. The Kier molecular flexibility index (Phi) is 5.15. The zero-order chi connectivity index (χ0) is 22.3. The SMILES string of the molecule is CCc1ccc(C(=O)O)c(-c2c3ccc(=O)cc-3oc3cc(OP(=O)(O)O)ccc23)c1. The summed E-state index contributed by atoms with van der Waals surface area (Å²) < 4.78 is 21.7. The molecule has 0 amide bonds. The molecule has 0 atom stereocenters. The first-order chi connectivity index (χ1) is 14.7. The molecule has 0 radical (unpaired) electrons. The summed E-state index contributed by atoms with van der Waals surface area (Å²) in [7, 11) is -4.79. The van der Waals surface area contributed by atoms with Gasteiger partial charge in [0.05, 0.1) is 5.56 Å². The Labute approximate surface area is 175 Å². The summed E-state index contributed by atoms with van der Waals surface area (Å²) in [5, 5.41) is 10.3. The fraction of sp³-hybridized carbons (Fsp3) is 0.0909. The van der Waals surface area contributed by atoms with Gasteiger partial charge in [0.15, 0.2) is 5.43 Å². The van der Waals surface area contributed by atoms with E-state index in [4.69, 9.17) is 14.2 Å². The molecule has 9 heteroatoms. The zero-order valence-corrected chi connectivity index (χ0v) is 17.1. The summed E-state index contributed by atoms with van der Waals surface area (Å²) in [5.41, 5.74) is 2.39. The van der Waals surface area contributed by atoms with Crippen LogP contribution in [0.2, 0.25) is 0 Å². The summed E-state index contributed by atoms with van der Waals surface area (Å²) in [6, 6.07) is 13.5. The lowest BCUT2D eigenvalue weighted by atomic mass is 9.89. The van der Waals surface area contributed by atoms with E-state index in [1.165, 1.54) is 36.4 Å². The second-order valence-electron chi connectivity index (χ2n) is 6.91. The van der Waals surface area contributed by atoms with Crippen molar-refractivity contribution in [1.82, 2.24) is 0 Å². The highest BCUT2D eigenvalue weighted by Crippen LogP contribution is 2.44. The molecular weight excluding hydrogens is 423 g/mol. The van der Waals surface area contributed by atoms with E-state index in [0.717, 1.165) is 5.56 Å². The molecule has 0 unspecified atom stereocenters. The number of phosphoric ester groups is 1. The summed E-state index contributed by atoms with van der Waals surface area (Å²) in [6.07, 6.45) is 0.685. The molecule has 2 aromatic rings. The average molecular weight is 440 g/mol. The van der Waals surface area contributed by atoms with Crippen molar-refractivity contribution in [2.45, 2.75) is 13.3 Å². The van der Waals surface area contributed by atoms with Crippen molar-refractivity contribution in [1.29, 1.82) is 0 Å². The molecule has 1 aliphatic carbocycles. The molecule has 0 saturated carbocycles. The predicted molar refractivity (Wildman–Crippen MR) is 114 cm³/mol. The molecule has 31 heavy (non-hydrogen) atoms. The average Bonchev–Trinajstić information content (AvgIpc) is 2.70. The van der Waals surface area contributed by atoms with Crippen molar-refractivity contribution in [3.63, 3.8) is 0 Å². The van der Waals surface area contributed by atoms with Crippen LogP contribution < -0.4 is 9.95 Å². The van der Waals surface area contributed by atoms with Gasteiger partial charge in [0.2, 0.25) is 0 Å². The van der Waals surface area contributed by atoms with Gasteiger partial charge in [-0.15, -0.1) is 0 Å². The Bertz CT molecular complexity index is 1400. The van der Waals surface area contributed by atoms with Crippen LogP contribution in [0.15, 0.2) is 63.8 Å². The topological polar surface area (TPSA) is 134 Å². The molecule has 2 aromatic carbocycles. The van der Waals surface area contributed by atoms with Crippen LogP contribution in [0.1, 0.15) is 22.8 Å². The molecule has 1 heterocycles. The highest BCUT2D eigenvalue weighted by molar-refractivity contribution is 7.46. The van der Waals surface area contributed by atoms with Crippen LogP contribution in [-0.4, -0.2) is 20.9 Å². The minimum Gasteiger partial charge on any atom is -0.478 e. The van der Waals surface area contributed by atoms with E-state index in [-0.39, 0.29) is 28.1 Å². The minimum absolute atomic E-state index is 0.0766. The normalized spacial score (nSPS) is 11.7. The van der Waals surface area contributed by atoms with E-state index in [0.29, 0.717) is 28.5 Å². The Hall–Kier alpha value is -3.45. The van der Waals surface area contributed by atoms with Crippen molar-refractivity contribution < 1.29 is 33.2 Å². The molecule has 3 N–H and O–H groups in total. The van der Waals surface area contributed by atoms with Crippen LogP contribution in [0.5, 0.6) is 5.75 Å². The predicted octanol–water partition coefficient (Wildman–Crippen LogP) is 4.30. The number of aryl methyl sites for hydroxylation is 1. The number of phosphoric acid groups is 1. The summed E-state index contributed by atoms with van der Waals surface area (Å²) in [5.74, 6) is -1.03. The van der Waals surface area contributed by atoms with E-state index in [1.807, 2.05) is 6.92 Å². The fourth-order valence-corrected chi connectivity index (χ4v) is 3.93. The highest BCUT2D eigenvalue weighted by Gasteiger charge is 2.23. The number of fused-ring (bicyclic) bond motifs is 2. The quantitative estimate of drug-likeness (QED) is 0.309. The second-order valence-corrected chi connectivity index (χ2v) is 8.08. The monoisotopic (exact) mass is 440 g/mol. The number of carbonyl (C=O) groups is 1. The zero-order valence-electron chi connectivity index (χ0n) is 16.2. The largest absolute Gasteiger partial charge is 0.524 e. The number of carboxylic acids is 1. The third kappa shape index (κ3) is 4.09. The number of hydrogen-bond acceptors (Lipinski definition) is 5. The van der Waals surface area contributed by atoms with Crippen molar-refractivity contribution in [2.24, 2.45) is 0 Å².